The van der Waals surface area contributed by atoms with E-state index in [0.29, 0.717) is 5.58 Å². The van der Waals surface area contributed by atoms with Crippen LogP contribution in [-0.2, 0) is 4.74 Å². The van der Waals surface area contributed by atoms with E-state index in [4.69, 9.17) is 9.15 Å². The molecule has 0 fully saturated rings. The SMILES string of the molecule is CCOC(=O)c1cc(-c2ccccc2)c2ccoc2c1O. The maximum absolute atomic E-state index is 12.0. The van der Waals surface area contributed by atoms with Crippen LogP contribution >= 0.6 is 0 Å². The Labute approximate surface area is 121 Å². The number of phenolic OH excluding ortho intramolecular Hbond substituents is 1. The third-order valence-electron chi connectivity index (χ3n) is 3.29. The van der Waals surface area contributed by atoms with Gasteiger partial charge in [-0.15, -0.1) is 0 Å². The lowest BCUT2D eigenvalue weighted by molar-refractivity contribution is 0.0523. The van der Waals surface area contributed by atoms with Crippen LogP contribution in [0.1, 0.15) is 17.3 Å². The van der Waals surface area contributed by atoms with E-state index in [-0.39, 0.29) is 17.9 Å². The van der Waals surface area contributed by atoms with Crippen LogP contribution in [0.5, 0.6) is 5.75 Å². The fraction of sp³-hybridized carbons (Fsp3) is 0.118. The van der Waals surface area contributed by atoms with Gasteiger partial charge in [0, 0.05) is 5.39 Å². The molecule has 3 aromatic rings. The van der Waals surface area contributed by atoms with Gasteiger partial charge in [0.1, 0.15) is 5.56 Å². The number of benzene rings is 2. The largest absolute Gasteiger partial charge is 0.504 e. The van der Waals surface area contributed by atoms with Gasteiger partial charge in [0.15, 0.2) is 11.3 Å². The molecule has 0 aliphatic rings. The van der Waals surface area contributed by atoms with Crippen molar-refractivity contribution in [2.75, 3.05) is 6.61 Å². The second kappa shape index (κ2) is 5.32. The number of furan rings is 1. The average molecular weight is 282 g/mol. The van der Waals surface area contributed by atoms with Crippen molar-refractivity contribution in [2.45, 2.75) is 6.92 Å². The molecule has 0 atom stereocenters. The summed E-state index contributed by atoms with van der Waals surface area (Å²) in [6.07, 6.45) is 1.49. The van der Waals surface area contributed by atoms with Crippen LogP contribution in [0.2, 0.25) is 0 Å². The molecule has 1 N–H and O–H groups in total. The van der Waals surface area contributed by atoms with Crippen molar-refractivity contribution in [3.63, 3.8) is 0 Å². The molecule has 0 saturated heterocycles. The van der Waals surface area contributed by atoms with Gasteiger partial charge < -0.3 is 14.3 Å². The number of rotatable bonds is 3. The van der Waals surface area contributed by atoms with E-state index in [0.717, 1.165) is 16.5 Å². The molecule has 0 saturated carbocycles. The molecule has 0 unspecified atom stereocenters. The average Bonchev–Trinajstić information content (AvgIpc) is 2.99. The maximum Gasteiger partial charge on any atom is 0.342 e. The van der Waals surface area contributed by atoms with Gasteiger partial charge in [0.25, 0.3) is 0 Å². The van der Waals surface area contributed by atoms with Crippen LogP contribution in [0.4, 0.5) is 0 Å². The fourth-order valence-corrected chi connectivity index (χ4v) is 2.34. The molecule has 2 aromatic carbocycles. The second-order valence-electron chi connectivity index (χ2n) is 4.57. The first-order valence-electron chi connectivity index (χ1n) is 6.68. The molecule has 0 aliphatic carbocycles. The normalized spacial score (nSPS) is 10.7. The molecule has 1 heterocycles. The minimum absolute atomic E-state index is 0.109. The summed E-state index contributed by atoms with van der Waals surface area (Å²) in [6.45, 7) is 1.97. The van der Waals surface area contributed by atoms with Gasteiger partial charge in [-0.3, -0.25) is 0 Å². The summed E-state index contributed by atoms with van der Waals surface area (Å²) in [4.78, 5) is 12.0. The Morgan fingerprint density at radius 2 is 2.00 bits per heavy atom. The quantitative estimate of drug-likeness (QED) is 0.738. The number of carbonyl (C=O) groups is 1. The molecule has 106 valence electrons. The minimum Gasteiger partial charge on any atom is -0.504 e. The number of aromatic hydroxyl groups is 1. The van der Waals surface area contributed by atoms with E-state index in [9.17, 15) is 9.90 Å². The van der Waals surface area contributed by atoms with Crippen LogP contribution in [0.15, 0.2) is 53.1 Å². The van der Waals surface area contributed by atoms with Crippen LogP contribution in [-0.4, -0.2) is 17.7 Å². The van der Waals surface area contributed by atoms with E-state index in [2.05, 4.69) is 0 Å². The topological polar surface area (TPSA) is 59.7 Å². The Morgan fingerprint density at radius 1 is 1.24 bits per heavy atom. The van der Waals surface area contributed by atoms with Crippen LogP contribution in [0.3, 0.4) is 0 Å². The number of phenols is 1. The molecule has 4 heteroatoms. The van der Waals surface area contributed by atoms with Gasteiger partial charge in [0.05, 0.1) is 12.9 Å². The zero-order valence-electron chi connectivity index (χ0n) is 11.5. The molecule has 0 bridgehead atoms. The number of hydrogen-bond acceptors (Lipinski definition) is 4. The standard InChI is InChI=1S/C17H14O4/c1-2-20-17(19)14-10-13(11-6-4-3-5-7-11)12-8-9-21-16(12)15(14)18/h3-10,18H,2H2,1H3. The molecule has 21 heavy (non-hydrogen) atoms. The number of ether oxygens (including phenoxy) is 1. The third kappa shape index (κ3) is 2.25. The van der Waals surface area contributed by atoms with E-state index < -0.39 is 5.97 Å². The molecule has 3 rings (SSSR count). The van der Waals surface area contributed by atoms with Gasteiger partial charge in [-0.1, -0.05) is 30.3 Å². The van der Waals surface area contributed by atoms with E-state index >= 15 is 0 Å². The summed E-state index contributed by atoms with van der Waals surface area (Å²) in [5, 5.41) is 11.0. The molecule has 1 aromatic heterocycles. The Kier molecular flexibility index (Phi) is 3.36. The van der Waals surface area contributed by atoms with Crippen LogP contribution in [0.25, 0.3) is 22.1 Å². The lowest BCUT2D eigenvalue weighted by atomic mass is 9.98. The summed E-state index contributed by atoms with van der Waals surface area (Å²) in [5.41, 5.74) is 2.16. The van der Waals surface area contributed by atoms with Gasteiger partial charge in [-0.05, 0) is 30.2 Å². The number of fused-ring (bicyclic) bond motifs is 1. The first-order valence-corrected chi connectivity index (χ1v) is 6.68. The van der Waals surface area contributed by atoms with E-state index in [1.165, 1.54) is 6.26 Å². The van der Waals surface area contributed by atoms with Crippen molar-refractivity contribution in [1.82, 2.24) is 0 Å². The summed E-state index contributed by atoms with van der Waals surface area (Å²) in [7, 11) is 0. The molecule has 0 radical (unpaired) electrons. The molecule has 0 aliphatic heterocycles. The highest BCUT2D eigenvalue weighted by Crippen LogP contribution is 2.37. The van der Waals surface area contributed by atoms with Crippen molar-refractivity contribution >= 4 is 16.9 Å². The smallest absolute Gasteiger partial charge is 0.342 e. The Morgan fingerprint density at radius 3 is 2.71 bits per heavy atom. The van der Waals surface area contributed by atoms with Crippen molar-refractivity contribution in [3.8, 4) is 16.9 Å². The highest BCUT2D eigenvalue weighted by Gasteiger charge is 2.20. The zero-order valence-corrected chi connectivity index (χ0v) is 11.5. The Bertz CT molecular complexity index is 787. The third-order valence-corrected chi connectivity index (χ3v) is 3.29. The van der Waals surface area contributed by atoms with Crippen LogP contribution in [0, 0.1) is 0 Å². The van der Waals surface area contributed by atoms with E-state index in [1.54, 1.807) is 19.1 Å². The molecular formula is C17H14O4. The zero-order chi connectivity index (χ0) is 14.8. The van der Waals surface area contributed by atoms with Gasteiger partial charge in [-0.25, -0.2) is 4.79 Å². The number of carbonyl (C=O) groups excluding carboxylic acids is 1. The molecular weight excluding hydrogens is 268 g/mol. The maximum atomic E-state index is 12.0. The van der Waals surface area contributed by atoms with Crippen molar-refractivity contribution in [2.24, 2.45) is 0 Å². The molecule has 0 amide bonds. The van der Waals surface area contributed by atoms with Crippen LogP contribution < -0.4 is 0 Å². The van der Waals surface area contributed by atoms with Gasteiger partial charge in [0.2, 0.25) is 0 Å². The lowest BCUT2D eigenvalue weighted by Gasteiger charge is -2.09. The number of esters is 1. The number of hydrogen-bond donors (Lipinski definition) is 1. The van der Waals surface area contributed by atoms with Crippen molar-refractivity contribution in [3.05, 3.63) is 54.3 Å². The summed E-state index contributed by atoms with van der Waals surface area (Å²) in [5.74, 6) is -0.751. The fourth-order valence-electron chi connectivity index (χ4n) is 2.34. The molecule has 4 nitrogen and oxygen atoms in total. The summed E-state index contributed by atoms with van der Waals surface area (Å²) in [6, 6.07) is 13.0. The highest BCUT2D eigenvalue weighted by atomic mass is 16.5. The molecule has 0 spiro atoms. The van der Waals surface area contributed by atoms with Gasteiger partial charge in [-0.2, -0.15) is 0 Å². The lowest BCUT2D eigenvalue weighted by Crippen LogP contribution is -2.05. The first-order chi connectivity index (χ1) is 10.2. The highest BCUT2D eigenvalue weighted by molar-refractivity contribution is 6.05. The first kappa shape index (κ1) is 13.2. The second-order valence-corrected chi connectivity index (χ2v) is 4.57. The predicted molar refractivity (Wildman–Crippen MR) is 79.3 cm³/mol. The van der Waals surface area contributed by atoms with Gasteiger partial charge >= 0.3 is 5.97 Å². The Hall–Kier alpha value is -2.75. The summed E-state index contributed by atoms with van der Waals surface area (Å²) >= 11 is 0. The Balaban J connectivity index is 2.27. The monoisotopic (exact) mass is 282 g/mol. The predicted octanol–water partition coefficient (Wildman–Crippen LogP) is 3.98. The minimum atomic E-state index is -0.564. The van der Waals surface area contributed by atoms with Crippen molar-refractivity contribution < 1.29 is 19.1 Å². The van der Waals surface area contributed by atoms with Crippen molar-refractivity contribution in [1.29, 1.82) is 0 Å². The van der Waals surface area contributed by atoms with E-state index in [1.807, 2.05) is 30.3 Å². The summed E-state index contributed by atoms with van der Waals surface area (Å²) < 4.78 is 10.3.